The van der Waals surface area contributed by atoms with Gasteiger partial charge in [0.05, 0.1) is 18.1 Å². The third-order valence-corrected chi connectivity index (χ3v) is 5.83. The fourth-order valence-electron chi connectivity index (χ4n) is 4.11. The molecule has 150 valence electrons. The van der Waals surface area contributed by atoms with Gasteiger partial charge in [-0.1, -0.05) is 60.1 Å². The van der Waals surface area contributed by atoms with Crippen molar-refractivity contribution in [2.75, 3.05) is 6.54 Å². The summed E-state index contributed by atoms with van der Waals surface area (Å²) in [5.74, 6) is -0.0461. The van der Waals surface area contributed by atoms with Gasteiger partial charge in [-0.2, -0.15) is 5.10 Å². The molecule has 1 aliphatic rings. The normalized spacial score (nSPS) is 15.6. The Kier molecular flexibility index (Phi) is 4.85. The van der Waals surface area contributed by atoms with Gasteiger partial charge in [-0.25, -0.2) is 4.98 Å². The fraction of sp³-hybridized carbons (Fsp3) is 0.174. The van der Waals surface area contributed by atoms with Crippen molar-refractivity contribution in [3.8, 4) is 11.3 Å². The summed E-state index contributed by atoms with van der Waals surface area (Å²) in [7, 11) is 0. The van der Waals surface area contributed by atoms with Crippen LogP contribution in [-0.2, 0) is 6.54 Å². The summed E-state index contributed by atoms with van der Waals surface area (Å²) in [6, 6.07) is 17.4. The minimum atomic E-state index is -0.280. The summed E-state index contributed by atoms with van der Waals surface area (Å²) in [5.41, 5.74) is 4.11. The van der Waals surface area contributed by atoms with Crippen LogP contribution in [0.2, 0.25) is 5.02 Å². The Balaban J connectivity index is 1.54. The summed E-state index contributed by atoms with van der Waals surface area (Å²) < 4.78 is 2.02. The van der Waals surface area contributed by atoms with Crippen LogP contribution in [0.1, 0.15) is 34.1 Å². The van der Waals surface area contributed by atoms with Gasteiger partial charge in [0.25, 0.3) is 5.91 Å². The van der Waals surface area contributed by atoms with Gasteiger partial charge >= 0.3 is 0 Å². The second-order valence-corrected chi connectivity index (χ2v) is 7.71. The number of aromatic nitrogens is 4. The molecule has 0 spiro atoms. The van der Waals surface area contributed by atoms with Gasteiger partial charge < -0.3 is 9.47 Å². The van der Waals surface area contributed by atoms with Gasteiger partial charge in [0.2, 0.25) is 0 Å². The van der Waals surface area contributed by atoms with Gasteiger partial charge in [-0.3, -0.25) is 9.89 Å². The van der Waals surface area contributed by atoms with Crippen LogP contribution in [0.15, 0.2) is 73.3 Å². The number of carbonyl (C=O) groups is 1. The van der Waals surface area contributed by atoms with E-state index in [1.54, 1.807) is 12.5 Å². The van der Waals surface area contributed by atoms with E-state index in [1.807, 2.05) is 70.3 Å². The van der Waals surface area contributed by atoms with Crippen LogP contribution in [0.3, 0.4) is 0 Å². The van der Waals surface area contributed by atoms with Crippen LogP contribution >= 0.6 is 11.6 Å². The number of hydrogen-bond acceptors (Lipinski definition) is 3. The molecule has 0 fully saturated rings. The molecule has 4 aromatic rings. The van der Waals surface area contributed by atoms with E-state index in [2.05, 4.69) is 15.2 Å². The maximum atomic E-state index is 13.3. The molecular formula is C23H20ClN5O. The number of hydrogen-bond donors (Lipinski definition) is 1. The molecule has 1 unspecified atom stereocenters. The zero-order valence-corrected chi connectivity index (χ0v) is 17.0. The third kappa shape index (κ3) is 3.19. The van der Waals surface area contributed by atoms with Gasteiger partial charge in [0.15, 0.2) is 0 Å². The molecule has 0 saturated heterocycles. The minimum absolute atomic E-state index is 0.0461. The first kappa shape index (κ1) is 18.6. The number of nitrogens with one attached hydrogen (secondary N) is 1. The highest BCUT2D eigenvalue weighted by Crippen LogP contribution is 2.44. The molecule has 3 heterocycles. The summed E-state index contributed by atoms with van der Waals surface area (Å²) in [4.78, 5) is 19.3. The Morgan fingerprint density at radius 3 is 2.60 bits per heavy atom. The lowest BCUT2D eigenvalue weighted by Crippen LogP contribution is -2.31. The maximum Gasteiger partial charge on any atom is 0.273 e. The number of amides is 1. The molecule has 6 nitrogen and oxygen atoms in total. The highest BCUT2D eigenvalue weighted by atomic mass is 35.5. The molecule has 1 N–H and O–H groups in total. The molecule has 7 heteroatoms. The van der Waals surface area contributed by atoms with E-state index >= 15 is 0 Å². The molecule has 1 amide bonds. The number of aromatic amines is 1. The zero-order chi connectivity index (χ0) is 20.5. The molecule has 2 aromatic heterocycles. The SMILES string of the molecule is O=C1c2[nH]nc(-c3ccccc3)c2C(c2ccccc2Cl)N1CCCn1ccnc1. The molecular weight excluding hydrogens is 398 g/mol. The molecule has 1 atom stereocenters. The molecule has 0 bridgehead atoms. The van der Waals surface area contributed by atoms with E-state index in [9.17, 15) is 4.79 Å². The zero-order valence-electron chi connectivity index (χ0n) is 16.2. The average molecular weight is 418 g/mol. The average Bonchev–Trinajstić information content (AvgIpc) is 3.49. The highest BCUT2D eigenvalue weighted by molar-refractivity contribution is 6.31. The van der Waals surface area contributed by atoms with Crippen molar-refractivity contribution < 1.29 is 4.79 Å². The van der Waals surface area contributed by atoms with Crippen LogP contribution in [0.25, 0.3) is 11.3 Å². The van der Waals surface area contributed by atoms with Crippen molar-refractivity contribution in [2.45, 2.75) is 19.0 Å². The Hall–Kier alpha value is -3.38. The first-order valence-electron chi connectivity index (χ1n) is 9.89. The predicted molar refractivity (Wildman–Crippen MR) is 115 cm³/mol. The molecule has 0 aliphatic carbocycles. The van der Waals surface area contributed by atoms with E-state index < -0.39 is 0 Å². The van der Waals surface area contributed by atoms with E-state index in [0.29, 0.717) is 17.3 Å². The number of nitrogens with zero attached hydrogens (tertiary/aromatic N) is 4. The number of halogens is 1. The van der Waals surface area contributed by atoms with E-state index in [-0.39, 0.29) is 11.9 Å². The number of aryl methyl sites for hydroxylation is 1. The van der Waals surface area contributed by atoms with Gasteiger partial charge in [-0.05, 0) is 18.1 Å². The number of rotatable bonds is 6. The topological polar surface area (TPSA) is 66.8 Å². The van der Waals surface area contributed by atoms with Crippen molar-refractivity contribution in [3.05, 3.63) is 95.2 Å². The van der Waals surface area contributed by atoms with Crippen LogP contribution in [-0.4, -0.2) is 37.1 Å². The van der Waals surface area contributed by atoms with Crippen molar-refractivity contribution in [1.29, 1.82) is 0 Å². The van der Waals surface area contributed by atoms with Crippen molar-refractivity contribution in [2.24, 2.45) is 0 Å². The van der Waals surface area contributed by atoms with Gasteiger partial charge in [0, 0.05) is 41.6 Å². The number of fused-ring (bicyclic) bond motifs is 1. The lowest BCUT2D eigenvalue weighted by atomic mass is 9.96. The number of benzene rings is 2. The lowest BCUT2D eigenvalue weighted by molar-refractivity contribution is 0.0739. The summed E-state index contributed by atoms with van der Waals surface area (Å²) in [5, 5.41) is 8.12. The van der Waals surface area contributed by atoms with E-state index in [1.165, 1.54) is 0 Å². The Labute approximate surface area is 179 Å². The minimum Gasteiger partial charge on any atom is -0.337 e. The molecule has 1 aliphatic heterocycles. The predicted octanol–water partition coefficient (Wildman–Crippen LogP) is 4.56. The number of carbonyl (C=O) groups excluding carboxylic acids is 1. The molecule has 0 saturated carbocycles. The monoisotopic (exact) mass is 417 g/mol. The summed E-state index contributed by atoms with van der Waals surface area (Å²) in [6.07, 6.45) is 6.28. The van der Waals surface area contributed by atoms with Gasteiger partial charge in [0.1, 0.15) is 5.69 Å². The Morgan fingerprint density at radius 1 is 1.03 bits per heavy atom. The summed E-state index contributed by atoms with van der Waals surface area (Å²) in [6.45, 7) is 1.39. The second kappa shape index (κ2) is 7.80. The van der Waals surface area contributed by atoms with Crippen LogP contribution in [0.5, 0.6) is 0 Å². The maximum absolute atomic E-state index is 13.3. The van der Waals surface area contributed by atoms with Crippen LogP contribution in [0.4, 0.5) is 0 Å². The Bertz CT molecular complexity index is 1170. The smallest absolute Gasteiger partial charge is 0.273 e. The van der Waals surface area contributed by atoms with E-state index in [0.717, 1.165) is 35.3 Å². The standard InChI is InChI=1S/C23H20ClN5O/c24-18-10-5-4-9-17(18)22-19-20(16-7-2-1-3-8-16)26-27-21(19)23(30)29(22)13-6-12-28-14-11-25-15-28/h1-5,7-11,14-15,22H,6,12-13H2,(H,26,27). The molecule has 30 heavy (non-hydrogen) atoms. The molecule has 5 rings (SSSR count). The van der Waals surface area contributed by atoms with Crippen molar-refractivity contribution >= 4 is 17.5 Å². The second-order valence-electron chi connectivity index (χ2n) is 7.30. The highest BCUT2D eigenvalue weighted by Gasteiger charge is 2.42. The molecule has 2 aromatic carbocycles. The number of imidazole rings is 1. The third-order valence-electron chi connectivity index (χ3n) is 5.49. The van der Waals surface area contributed by atoms with E-state index in [4.69, 9.17) is 11.6 Å². The quantitative estimate of drug-likeness (QED) is 0.500. The fourth-order valence-corrected chi connectivity index (χ4v) is 4.35. The van der Waals surface area contributed by atoms with Gasteiger partial charge in [-0.15, -0.1) is 0 Å². The Morgan fingerprint density at radius 2 is 1.83 bits per heavy atom. The largest absolute Gasteiger partial charge is 0.337 e. The first-order chi connectivity index (χ1) is 14.7. The van der Waals surface area contributed by atoms with Crippen LogP contribution < -0.4 is 0 Å². The molecule has 0 radical (unpaired) electrons. The first-order valence-corrected chi connectivity index (χ1v) is 10.3. The lowest BCUT2D eigenvalue weighted by Gasteiger charge is -2.27. The van der Waals surface area contributed by atoms with Crippen molar-refractivity contribution in [1.82, 2.24) is 24.6 Å². The number of H-pyrrole nitrogens is 1. The summed E-state index contributed by atoms with van der Waals surface area (Å²) >= 11 is 6.58. The van der Waals surface area contributed by atoms with Crippen LogP contribution in [0, 0.1) is 0 Å². The van der Waals surface area contributed by atoms with Crippen molar-refractivity contribution in [3.63, 3.8) is 0 Å².